The first-order valence-electron chi connectivity index (χ1n) is 8.92. The second-order valence-electron chi connectivity index (χ2n) is 6.07. The topological polar surface area (TPSA) is 93.2 Å². The third-order valence-electron chi connectivity index (χ3n) is 3.86. The fourth-order valence-corrected chi connectivity index (χ4v) is 2.52. The van der Waals surface area contributed by atoms with E-state index in [4.69, 9.17) is 4.74 Å². The number of carbonyl (C=O) groups is 2. The second-order valence-corrected chi connectivity index (χ2v) is 6.07. The Hall–Kier alpha value is -3.81. The number of ether oxygens (including phenoxy) is 1. The first-order valence-corrected chi connectivity index (χ1v) is 8.92. The van der Waals surface area contributed by atoms with Gasteiger partial charge >= 0.3 is 5.97 Å². The summed E-state index contributed by atoms with van der Waals surface area (Å²) in [6.07, 6.45) is 0. The van der Waals surface area contributed by atoms with E-state index in [9.17, 15) is 14.0 Å². The molecule has 148 valence electrons. The van der Waals surface area contributed by atoms with Crippen LogP contribution < -0.4 is 10.6 Å². The number of para-hydroxylation sites is 1. The highest BCUT2D eigenvalue weighted by atomic mass is 19.1. The van der Waals surface area contributed by atoms with Gasteiger partial charge in [0.15, 0.2) is 0 Å². The minimum Gasteiger partial charge on any atom is -0.462 e. The molecule has 0 saturated carbocycles. The zero-order chi connectivity index (χ0) is 20.8. The van der Waals surface area contributed by atoms with Crippen molar-refractivity contribution in [1.29, 1.82) is 0 Å². The molecular formula is C21H19FN4O3. The summed E-state index contributed by atoms with van der Waals surface area (Å²) in [5.74, 6) is -1.24. The average molecular weight is 394 g/mol. The number of aryl methyl sites for hydroxylation is 1. The van der Waals surface area contributed by atoms with Crippen molar-refractivity contribution in [2.45, 2.75) is 13.8 Å². The van der Waals surface area contributed by atoms with Crippen molar-refractivity contribution in [3.05, 3.63) is 77.4 Å². The number of nitrogens with zero attached hydrogens (tertiary/aromatic N) is 2. The number of hydrogen-bond acceptors (Lipinski definition) is 6. The summed E-state index contributed by atoms with van der Waals surface area (Å²) in [6.45, 7) is 3.72. The summed E-state index contributed by atoms with van der Waals surface area (Å²) in [6, 6.07) is 13.9. The summed E-state index contributed by atoms with van der Waals surface area (Å²) in [4.78, 5) is 32.6. The monoisotopic (exact) mass is 394 g/mol. The largest absolute Gasteiger partial charge is 0.462 e. The maximum Gasteiger partial charge on any atom is 0.338 e. The van der Waals surface area contributed by atoms with E-state index in [1.807, 2.05) is 0 Å². The van der Waals surface area contributed by atoms with Crippen LogP contribution in [0.25, 0.3) is 0 Å². The summed E-state index contributed by atoms with van der Waals surface area (Å²) in [5.41, 5.74) is 1.74. The van der Waals surface area contributed by atoms with E-state index in [1.165, 1.54) is 12.1 Å². The number of aromatic nitrogens is 2. The SMILES string of the molecule is CCOC(=O)c1ccc(NC(=O)c2cc(C)nc(Nc3ccccc3F)n2)cc1. The Labute approximate surface area is 167 Å². The van der Waals surface area contributed by atoms with E-state index >= 15 is 0 Å². The predicted octanol–water partition coefficient (Wildman–Crippen LogP) is 4.10. The molecule has 7 nitrogen and oxygen atoms in total. The Balaban J connectivity index is 1.75. The second kappa shape index (κ2) is 8.92. The average Bonchev–Trinajstić information content (AvgIpc) is 2.70. The number of anilines is 3. The molecule has 2 aromatic carbocycles. The first-order chi connectivity index (χ1) is 14.0. The van der Waals surface area contributed by atoms with E-state index in [0.29, 0.717) is 16.9 Å². The van der Waals surface area contributed by atoms with Gasteiger partial charge in [-0.3, -0.25) is 4.79 Å². The molecule has 1 amide bonds. The number of rotatable bonds is 6. The van der Waals surface area contributed by atoms with E-state index in [2.05, 4.69) is 20.6 Å². The highest BCUT2D eigenvalue weighted by Crippen LogP contribution is 2.18. The van der Waals surface area contributed by atoms with Gasteiger partial charge in [-0.15, -0.1) is 0 Å². The zero-order valence-corrected chi connectivity index (χ0v) is 15.9. The van der Waals surface area contributed by atoms with Crippen molar-refractivity contribution in [3.63, 3.8) is 0 Å². The molecule has 0 fully saturated rings. The molecule has 3 aromatic rings. The molecule has 0 radical (unpaired) electrons. The van der Waals surface area contributed by atoms with E-state index < -0.39 is 17.7 Å². The van der Waals surface area contributed by atoms with Crippen molar-refractivity contribution in [3.8, 4) is 0 Å². The fraction of sp³-hybridized carbons (Fsp3) is 0.143. The molecule has 2 N–H and O–H groups in total. The van der Waals surface area contributed by atoms with E-state index in [0.717, 1.165) is 0 Å². The lowest BCUT2D eigenvalue weighted by Gasteiger charge is -2.10. The molecule has 8 heteroatoms. The molecule has 0 atom stereocenters. The van der Waals surface area contributed by atoms with Crippen LogP contribution in [0.15, 0.2) is 54.6 Å². The highest BCUT2D eigenvalue weighted by molar-refractivity contribution is 6.03. The maximum absolute atomic E-state index is 13.8. The number of amides is 1. The van der Waals surface area contributed by atoms with Crippen LogP contribution in [0.1, 0.15) is 33.5 Å². The van der Waals surface area contributed by atoms with Gasteiger partial charge in [0.25, 0.3) is 5.91 Å². The number of halogens is 1. The number of benzene rings is 2. The summed E-state index contributed by atoms with van der Waals surface area (Å²) < 4.78 is 18.8. The minimum absolute atomic E-state index is 0.109. The van der Waals surface area contributed by atoms with Crippen LogP contribution in [0, 0.1) is 12.7 Å². The van der Waals surface area contributed by atoms with Crippen LogP contribution in [0.5, 0.6) is 0 Å². The Bertz CT molecular complexity index is 1040. The fourth-order valence-electron chi connectivity index (χ4n) is 2.52. The molecule has 1 aromatic heterocycles. The van der Waals surface area contributed by atoms with Gasteiger partial charge in [0.2, 0.25) is 5.95 Å². The van der Waals surface area contributed by atoms with Gasteiger partial charge < -0.3 is 15.4 Å². The van der Waals surface area contributed by atoms with Crippen LogP contribution in [0.3, 0.4) is 0 Å². The molecule has 29 heavy (non-hydrogen) atoms. The van der Waals surface area contributed by atoms with Gasteiger partial charge in [-0.25, -0.2) is 19.2 Å². The van der Waals surface area contributed by atoms with Gasteiger partial charge in [0.1, 0.15) is 11.5 Å². The lowest BCUT2D eigenvalue weighted by atomic mass is 10.2. The van der Waals surface area contributed by atoms with Gasteiger partial charge in [-0.1, -0.05) is 12.1 Å². The van der Waals surface area contributed by atoms with Crippen LogP contribution in [0.2, 0.25) is 0 Å². The quantitative estimate of drug-likeness (QED) is 0.612. The van der Waals surface area contributed by atoms with Gasteiger partial charge in [-0.05, 0) is 56.3 Å². The smallest absolute Gasteiger partial charge is 0.338 e. The number of esters is 1. The van der Waals surface area contributed by atoms with Crippen molar-refractivity contribution in [2.24, 2.45) is 0 Å². The molecule has 0 bridgehead atoms. The molecule has 0 unspecified atom stereocenters. The Morgan fingerprint density at radius 3 is 2.48 bits per heavy atom. The Kier molecular flexibility index (Phi) is 6.13. The third kappa shape index (κ3) is 5.13. The third-order valence-corrected chi connectivity index (χ3v) is 3.86. The van der Waals surface area contributed by atoms with Gasteiger partial charge in [0.05, 0.1) is 17.9 Å². The molecule has 0 saturated heterocycles. The lowest BCUT2D eigenvalue weighted by molar-refractivity contribution is 0.0526. The lowest BCUT2D eigenvalue weighted by Crippen LogP contribution is -2.16. The summed E-state index contributed by atoms with van der Waals surface area (Å²) in [5, 5.41) is 5.48. The van der Waals surface area contributed by atoms with Gasteiger partial charge in [0, 0.05) is 11.4 Å². The van der Waals surface area contributed by atoms with Crippen LogP contribution >= 0.6 is 0 Å². The summed E-state index contributed by atoms with van der Waals surface area (Å²) in [7, 11) is 0. The number of carbonyl (C=O) groups excluding carboxylic acids is 2. The van der Waals surface area contributed by atoms with Crippen LogP contribution in [-0.2, 0) is 4.74 Å². The Morgan fingerprint density at radius 2 is 1.79 bits per heavy atom. The van der Waals surface area contributed by atoms with E-state index in [-0.39, 0.29) is 23.9 Å². The molecule has 1 heterocycles. The van der Waals surface area contributed by atoms with Crippen molar-refractivity contribution in [1.82, 2.24) is 9.97 Å². The number of nitrogens with one attached hydrogen (secondary N) is 2. The van der Waals surface area contributed by atoms with Gasteiger partial charge in [-0.2, -0.15) is 0 Å². The van der Waals surface area contributed by atoms with Crippen LogP contribution in [0.4, 0.5) is 21.7 Å². The summed E-state index contributed by atoms with van der Waals surface area (Å²) >= 11 is 0. The highest BCUT2D eigenvalue weighted by Gasteiger charge is 2.13. The standard InChI is InChI=1S/C21H19FN4O3/c1-3-29-20(28)14-8-10-15(11-9-14)24-19(27)18-12-13(2)23-21(26-18)25-17-7-5-4-6-16(17)22/h4-12H,3H2,1-2H3,(H,24,27)(H,23,25,26). The predicted molar refractivity (Wildman–Crippen MR) is 107 cm³/mol. The number of hydrogen-bond donors (Lipinski definition) is 2. The molecule has 0 aliphatic heterocycles. The van der Waals surface area contributed by atoms with Crippen molar-refractivity contribution >= 4 is 29.2 Å². The first kappa shape index (κ1) is 19.9. The molecule has 0 spiro atoms. The molecular weight excluding hydrogens is 375 g/mol. The zero-order valence-electron chi connectivity index (χ0n) is 15.9. The maximum atomic E-state index is 13.8. The Morgan fingerprint density at radius 1 is 1.07 bits per heavy atom. The van der Waals surface area contributed by atoms with E-state index in [1.54, 1.807) is 56.3 Å². The molecule has 0 aliphatic rings. The molecule has 0 aliphatic carbocycles. The van der Waals surface area contributed by atoms with Crippen molar-refractivity contribution in [2.75, 3.05) is 17.2 Å². The van der Waals surface area contributed by atoms with Crippen molar-refractivity contribution < 1.29 is 18.7 Å². The minimum atomic E-state index is -0.462. The normalized spacial score (nSPS) is 10.3. The molecule has 3 rings (SSSR count). The van der Waals surface area contributed by atoms with Crippen LogP contribution in [-0.4, -0.2) is 28.5 Å².